The van der Waals surface area contributed by atoms with Crippen LogP contribution in [0.5, 0.6) is 0 Å². The van der Waals surface area contributed by atoms with Gasteiger partial charge >= 0.3 is 0 Å². The summed E-state index contributed by atoms with van der Waals surface area (Å²) in [5, 5.41) is 8.94. The van der Waals surface area contributed by atoms with Gasteiger partial charge in [-0.3, -0.25) is 0 Å². The Balaban J connectivity index is 1.69. The van der Waals surface area contributed by atoms with Gasteiger partial charge in [0.15, 0.2) is 0 Å². The molecule has 18 heavy (non-hydrogen) atoms. The first-order valence-corrected chi connectivity index (χ1v) is 7.97. The molecule has 1 saturated heterocycles. The molecule has 0 bridgehead atoms. The van der Waals surface area contributed by atoms with Gasteiger partial charge in [0.25, 0.3) is 0 Å². The minimum Gasteiger partial charge on any atom is -0.300 e. The zero-order chi connectivity index (χ0) is 12.8. The Bertz CT molecular complexity index is 265. The lowest BCUT2D eigenvalue weighted by Crippen LogP contribution is -2.43. The van der Waals surface area contributed by atoms with Crippen molar-refractivity contribution in [3.05, 3.63) is 0 Å². The summed E-state index contributed by atoms with van der Waals surface area (Å²) in [4.78, 5) is 2.72. The van der Waals surface area contributed by atoms with Crippen LogP contribution in [0.25, 0.3) is 0 Å². The van der Waals surface area contributed by atoms with Crippen molar-refractivity contribution in [2.75, 3.05) is 13.1 Å². The SMILES string of the molecule is CCCCC1CCN(C2CCC(C#N)CC2)CC1. The van der Waals surface area contributed by atoms with Crippen LogP contribution < -0.4 is 0 Å². The van der Waals surface area contributed by atoms with Crippen LogP contribution in [-0.4, -0.2) is 24.0 Å². The van der Waals surface area contributed by atoms with Gasteiger partial charge in [0.2, 0.25) is 0 Å². The fourth-order valence-electron chi connectivity index (χ4n) is 3.67. The first-order valence-electron chi connectivity index (χ1n) is 7.97. The van der Waals surface area contributed by atoms with E-state index in [-0.39, 0.29) is 0 Å². The maximum absolute atomic E-state index is 8.94. The molecule has 2 fully saturated rings. The molecule has 0 atom stereocenters. The molecule has 0 aromatic carbocycles. The minimum atomic E-state index is 0.350. The van der Waals surface area contributed by atoms with Crippen molar-refractivity contribution in [2.45, 2.75) is 70.8 Å². The molecule has 0 amide bonds. The molecule has 0 unspecified atom stereocenters. The average Bonchev–Trinajstić information content (AvgIpc) is 2.46. The predicted octanol–water partition coefficient (Wildman–Crippen LogP) is 3.97. The number of unbranched alkanes of at least 4 members (excludes halogenated alkanes) is 1. The third-order valence-corrected chi connectivity index (χ3v) is 5.01. The maximum atomic E-state index is 8.94. The van der Waals surface area contributed by atoms with Gasteiger partial charge in [-0.15, -0.1) is 0 Å². The molecule has 0 aromatic heterocycles. The smallest absolute Gasteiger partial charge is 0.0655 e. The first kappa shape index (κ1) is 13.9. The normalized spacial score (nSPS) is 31.1. The van der Waals surface area contributed by atoms with E-state index in [4.69, 9.17) is 5.26 Å². The summed E-state index contributed by atoms with van der Waals surface area (Å²) in [6.07, 6.45) is 11.8. The summed E-state index contributed by atoms with van der Waals surface area (Å²) in [7, 11) is 0. The fourth-order valence-corrected chi connectivity index (χ4v) is 3.67. The zero-order valence-electron chi connectivity index (χ0n) is 11.9. The van der Waals surface area contributed by atoms with Gasteiger partial charge in [-0.25, -0.2) is 0 Å². The Kier molecular flexibility index (Phi) is 5.50. The molecule has 0 aromatic rings. The summed E-state index contributed by atoms with van der Waals surface area (Å²) in [5.41, 5.74) is 0. The lowest BCUT2D eigenvalue weighted by Gasteiger charge is -2.40. The van der Waals surface area contributed by atoms with Crippen LogP contribution in [0.1, 0.15) is 64.7 Å². The third-order valence-electron chi connectivity index (χ3n) is 5.01. The number of likely N-dealkylation sites (tertiary alicyclic amines) is 1. The van der Waals surface area contributed by atoms with Crippen molar-refractivity contribution in [2.24, 2.45) is 11.8 Å². The third kappa shape index (κ3) is 3.72. The molecule has 2 rings (SSSR count). The molecule has 0 radical (unpaired) electrons. The Hall–Kier alpha value is -0.550. The lowest BCUT2D eigenvalue weighted by atomic mass is 9.84. The van der Waals surface area contributed by atoms with Crippen molar-refractivity contribution in [1.29, 1.82) is 5.26 Å². The monoisotopic (exact) mass is 248 g/mol. The summed E-state index contributed by atoms with van der Waals surface area (Å²) >= 11 is 0. The number of piperidine rings is 1. The fraction of sp³-hybridized carbons (Fsp3) is 0.938. The van der Waals surface area contributed by atoms with Crippen LogP contribution in [0.2, 0.25) is 0 Å². The average molecular weight is 248 g/mol. The van der Waals surface area contributed by atoms with Gasteiger partial charge in [0.05, 0.1) is 6.07 Å². The number of hydrogen-bond acceptors (Lipinski definition) is 2. The molecule has 102 valence electrons. The van der Waals surface area contributed by atoms with E-state index in [9.17, 15) is 0 Å². The lowest BCUT2D eigenvalue weighted by molar-refractivity contribution is 0.0976. The highest BCUT2D eigenvalue weighted by Gasteiger charge is 2.28. The number of hydrogen-bond donors (Lipinski definition) is 0. The molecule has 2 nitrogen and oxygen atoms in total. The quantitative estimate of drug-likeness (QED) is 0.752. The first-order chi connectivity index (χ1) is 8.83. The molecule has 1 aliphatic carbocycles. The molecule has 2 aliphatic rings. The minimum absolute atomic E-state index is 0.350. The van der Waals surface area contributed by atoms with E-state index in [2.05, 4.69) is 17.9 Å². The molecule has 1 saturated carbocycles. The molecular formula is C16H28N2. The van der Waals surface area contributed by atoms with Gasteiger partial charge in [0, 0.05) is 12.0 Å². The van der Waals surface area contributed by atoms with Crippen LogP contribution in [0.4, 0.5) is 0 Å². The van der Waals surface area contributed by atoms with Crippen molar-refractivity contribution in [1.82, 2.24) is 4.90 Å². The Morgan fingerprint density at radius 3 is 2.28 bits per heavy atom. The molecule has 1 aliphatic heterocycles. The summed E-state index contributed by atoms with van der Waals surface area (Å²) in [6, 6.07) is 3.23. The maximum Gasteiger partial charge on any atom is 0.0655 e. The van der Waals surface area contributed by atoms with Crippen LogP contribution in [0.3, 0.4) is 0 Å². The van der Waals surface area contributed by atoms with E-state index in [0.29, 0.717) is 5.92 Å². The van der Waals surface area contributed by atoms with Crippen LogP contribution in [0.15, 0.2) is 0 Å². The number of nitrogens with zero attached hydrogens (tertiary/aromatic N) is 2. The Labute approximate surface area is 112 Å². The van der Waals surface area contributed by atoms with Crippen molar-refractivity contribution in [3.8, 4) is 6.07 Å². The topological polar surface area (TPSA) is 27.0 Å². The van der Waals surface area contributed by atoms with Crippen LogP contribution in [-0.2, 0) is 0 Å². The summed E-state index contributed by atoms with van der Waals surface area (Å²) in [6.45, 7) is 4.93. The molecule has 1 heterocycles. The van der Waals surface area contributed by atoms with E-state index in [1.54, 1.807) is 0 Å². The molecule has 0 spiro atoms. The van der Waals surface area contributed by atoms with Gasteiger partial charge in [-0.2, -0.15) is 5.26 Å². The predicted molar refractivity (Wildman–Crippen MR) is 75.2 cm³/mol. The second-order valence-electron chi connectivity index (χ2n) is 6.26. The van der Waals surface area contributed by atoms with Crippen molar-refractivity contribution < 1.29 is 0 Å². The van der Waals surface area contributed by atoms with Gasteiger partial charge in [-0.05, 0) is 57.5 Å². The number of rotatable bonds is 4. The Morgan fingerprint density at radius 2 is 1.72 bits per heavy atom. The van der Waals surface area contributed by atoms with E-state index in [1.165, 1.54) is 58.0 Å². The van der Waals surface area contributed by atoms with E-state index >= 15 is 0 Å². The highest BCUT2D eigenvalue weighted by atomic mass is 15.2. The standard InChI is InChI=1S/C16H28N2/c1-2-3-4-14-9-11-18(12-10-14)16-7-5-15(13-17)6-8-16/h14-16H,2-12H2,1H3. The molecule has 2 heteroatoms. The largest absolute Gasteiger partial charge is 0.300 e. The van der Waals surface area contributed by atoms with Crippen molar-refractivity contribution in [3.63, 3.8) is 0 Å². The summed E-state index contributed by atoms with van der Waals surface area (Å²) in [5.74, 6) is 1.35. The Morgan fingerprint density at radius 1 is 1.06 bits per heavy atom. The highest BCUT2D eigenvalue weighted by molar-refractivity contribution is 4.90. The van der Waals surface area contributed by atoms with E-state index in [0.717, 1.165) is 24.8 Å². The number of nitriles is 1. The van der Waals surface area contributed by atoms with Crippen LogP contribution >= 0.6 is 0 Å². The second kappa shape index (κ2) is 7.14. The van der Waals surface area contributed by atoms with Crippen molar-refractivity contribution >= 4 is 0 Å². The van der Waals surface area contributed by atoms with Gasteiger partial charge in [0.1, 0.15) is 0 Å². The summed E-state index contributed by atoms with van der Waals surface area (Å²) < 4.78 is 0. The van der Waals surface area contributed by atoms with Gasteiger partial charge < -0.3 is 4.90 Å². The molecule has 0 N–H and O–H groups in total. The molecular weight excluding hydrogens is 220 g/mol. The second-order valence-corrected chi connectivity index (χ2v) is 6.26. The van der Waals surface area contributed by atoms with Gasteiger partial charge in [-0.1, -0.05) is 26.2 Å². The highest BCUT2D eigenvalue weighted by Crippen LogP contribution is 2.31. The van der Waals surface area contributed by atoms with Crippen LogP contribution in [0, 0.1) is 23.2 Å². The zero-order valence-corrected chi connectivity index (χ0v) is 11.9. The van der Waals surface area contributed by atoms with E-state index in [1.807, 2.05) is 0 Å². The van der Waals surface area contributed by atoms with E-state index < -0.39 is 0 Å².